The molecule has 186 valence electrons. The maximum Gasteiger partial charge on any atom is 0.254 e. The van der Waals surface area contributed by atoms with E-state index in [4.69, 9.17) is 37.8 Å². The molecule has 2 fully saturated rings. The van der Waals surface area contributed by atoms with Crippen molar-refractivity contribution in [3.05, 3.63) is 27.7 Å². The fraction of sp³-hybridized carbons (Fsp3) is 0.696. The van der Waals surface area contributed by atoms with Crippen LogP contribution in [0, 0.1) is 5.92 Å². The lowest BCUT2D eigenvalue weighted by atomic mass is 9.74. The number of phenols is 1. The van der Waals surface area contributed by atoms with E-state index >= 15 is 0 Å². The van der Waals surface area contributed by atoms with Gasteiger partial charge in [-0.05, 0) is 77.3 Å². The second-order valence-electron chi connectivity index (χ2n) is 10.2. The number of amides is 1. The Morgan fingerprint density at radius 1 is 1.36 bits per heavy atom. The lowest BCUT2D eigenvalue weighted by Gasteiger charge is -2.43. The minimum Gasteiger partial charge on any atom is -0.508 e. The van der Waals surface area contributed by atoms with Gasteiger partial charge in [-0.2, -0.15) is 0 Å². The van der Waals surface area contributed by atoms with Crippen molar-refractivity contribution in [1.29, 1.82) is 0 Å². The van der Waals surface area contributed by atoms with Crippen LogP contribution in [0.3, 0.4) is 0 Å². The SMILES string of the molecule is CC1CC([C@@H](CC(C)(C)S(N)=O)c2cc(Cl)c(Cl)cc2O)CCN1C(=O)[C@H]1COC(C)(C)O1. The zero-order valence-electron chi connectivity index (χ0n) is 19.8. The van der Waals surface area contributed by atoms with E-state index in [1.807, 2.05) is 25.7 Å². The maximum atomic E-state index is 13.1. The Labute approximate surface area is 208 Å². The number of halogens is 2. The molecule has 1 amide bonds. The molecule has 2 aliphatic rings. The molecule has 0 bridgehead atoms. The Kier molecular flexibility index (Phi) is 8.09. The summed E-state index contributed by atoms with van der Waals surface area (Å²) in [6.07, 6.45) is 1.30. The third-order valence-corrected chi connectivity index (χ3v) is 8.76. The Balaban J connectivity index is 1.83. The van der Waals surface area contributed by atoms with Gasteiger partial charge < -0.3 is 19.5 Å². The van der Waals surface area contributed by atoms with Crippen LogP contribution in [0.25, 0.3) is 0 Å². The lowest BCUT2D eigenvalue weighted by Crippen LogP contribution is -2.50. The molecule has 1 aromatic carbocycles. The van der Waals surface area contributed by atoms with Crippen molar-refractivity contribution >= 4 is 40.1 Å². The first-order chi connectivity index (χ1) is 15.2. The molecule has 3 N–H and O–H groups in total. The van der Waals surface area contributed by atoms with Gasteiger partial charge in [-0.3, -0.25) is 9.93 Å². The number of carbonyl (C=O) groups excluding carboxylic acids is 1. The molecule has 0 spiro atoms. The molecule has 2 aliphatic heterocycles. The van der Waals surface area contributed by atoms with Gasteiger partial charge in [0.25, 0.3) is 5.91 Å². The summed E-state index contributed by atoms with van der Waals surface area (Å²) in [5.74, 6) is -0.817. The van der Waals surface area contributed by atoms with Crippen LogP contribution in [0.1, 0.15) is 65.4 Å². The summed E-state index contributed by atoms with van der Waals surface area (Å²) >= 11 is 12.4. The van der Waals surface area contributed by atoms with Crippen molar-refractivity contribution in [1.82, 2.24) is 4.90 Å². The van der Waals surface area contributed by atoms with Gasteiger partial charge >= 0.3 is 0 Å². The van der Waals surface area contributed by atoms with Crippen LogP contribution in [0.2, 0.25) is 10.0 Å². The van der Waals surface area contributed by atoms with E-state index in [0.29, 0.717) is 36.4 Å². The summed E-state index contributed by atoms with van der Waals surface area (Å²) in [5.41, 5.74) is 0.661. The van der Waals surface area contributed by atoms with E-state index in [-0.39, 0.29) is 41.2 Å². The van der Waals surface area contributed by atoms with E-state index in [1.54, 1.807) is 19.9 Å². The molecular weight excluding hydrogens is 487 g/mol. The number of nitrogens with two attached hydrogens (primary N) is 1. The number of hydrogen-bond acceptors (Lipinski definition) is 5. The number of carbonyl (C=O) groups is 1. The molecule has 5 atom stereocenters. The quantitative estimate of drug-likeness (QED) is 0.580. The predicted molar refractivity (Wildman–Crippen MR) is 131 cm³/mol. The van der Waals surface area contributed by atoms with Gasteiger partial charge in [0.2, 0.25) is 0 Å². The summed E-state index contributed by atoms with van der Waals surface area (Å²) in [4.78, 5) is 14.9. The standard InChI is InChI=1S/C23H34Cl2N2O5S/c1-13-8-14(6-7-27(13)21(29)20-12-31-23(4,5)32-20)16(11-22(2,3)33(26)30)15-9-17(24)18(25)10-19(15)28/h9-10,13-14,16,20,28H,6-8,11-12,26H2,1-5H3/t13?,14?,16-,20-,33?/m1/s1. The van der Waals surface area contributed by atoms with Gasteiger partial charge in [-0.25, -0.2) is 4.21 Å². The number of hydrogen-bond donors (Lipinski definition) is 2. The van der Waals surface area contributed by atoms with Gasteiger partial charge in [0.05, 0.1) is 32.4 Å². The molecule has 0 radical (unpaired) electrons. The van der Waals surface area contributed by atoms with Gasteiger partial charge in [-0.1, -0.05) is 23.2 Å². The average molecular weight is 522 g/mol. The number of nitrogens with zero attached hydrogens (tertiary/aromatic N) is 1. The lowest BCUT2D eigenvalue weighted by molar-refractivity contribution is -0.163. The van der Waals surface area contributed by atoms with Crippen molar-refractivity contribution < 1.29 is 23.6 Å². The van der Waals surface area contributed by atoms with Crippen LogP contribution >= 0.6 is 23.2 Å². The first-order valence-electron chi connectivity index (χ1n) is 11.2. The highest BCUT2D eigenvalue weighted by Crippen LogP contribution is 2.45. The third kappa shape index (κ3) is 6.03. The molecule has 7 nitrogen and oxygen atoms in total. The summed E-state index contributed by atoms with van der Waals surface area (Å²) < 4.78 is 22.9. The topological polar surface area (TPSA) is 102 Å². The highest BCUT2D eigenvalue weighted by Gasteiger charge is 2.43. The highest BCUT2D eigenvalue weighted by atomic mass is 35.5. The summed E-state index contributed by atoms with van der Waals surface area (Å²) in [6.45, 7) is 10.1. The Hall–Kier alpha value is -0.900. The number of rotatable bonds is 6. The number of likely N-dealkylation sites (tertiary alicyclic amines) is 1. The molecule has 3 unspecified atom stereocenters. The molecule has 3 rings (SSSR count). The van der Waals surface area contributed by atoms with E-state index in [9.17, 15) is 14.1 Å². The van der Waals surface area contributed by atoms with Crippen LogP contribution in [-0.4, -0.2) is 56.0 Å². The van der Waals surface area contributed by atoms with Gasteiger partial charge in [0, 0.05) is 18.7 Å². The van der Waals surface area contributed by atoms with Crippen LogP contribution in [0.15, 0.2) is 12.1 Å². The second kappa shape index (κ2) is 9.99. The van der Waals surface area contributed by atoms with Crippen molar-refractivity contribution in [2.75, 3.05) is 13.2 Å². The number of piperidine rings is 1. The summed E-state index contributed by atoms with van der Waals surface area (Å²) in [5, 5.41) is 17.1. The van der Waals surface area contributed by atoms with E-state index in [0.717, 1.165) is 0 Å². The molecule has 2 heterocycles. The molecule has 1 aromatic rings. The zero-order chi connectivity index (χ0) is 24.7. The minimum absolute atomic E-state index is 0.0394. The second-order valence-corrected chi connectivity index (χ2v) is 12.7. The molecule has 0 saturated carbocycles. The van der Waals surface area contributed by atoms with Crippen LogP contribution in [-0.2, 0) is 25.3 Å². The van der Waals surface area contributed by atoms with Crippen molar-refractivity contribution in [2.45, 2.75) is 82.5 Å². The van der Waals surface area contributed by atoms with Crippen LogP contribution < -0.4 is 5.14 Å². The molecule has 10 heteroatoms. The number of aromatic hydroxyl groups is 1. The van der Waals surface area contributed by atoms with E-state index in [2.05, 4.69) is 0 Å². The predicted octanol–water partition coefficient (Wildman–Crippen LogP) is 4.35. The van der Waals surface area contributed by atoms with Gasteiger partial charge in [0.1, 0.15) is 5.75 Å². The van der Waals surface area contributed by atoms with E-state index in [1.165, 1.54) is 6.07 Å². The molecule has 33 heavy (non-hydrogen) atoms. The van der Waals surface area contributed by atoms with Gasteiger partial charge in [-0.15, -0.1) is 0 Å². The first-order valence-corrected chi connectivity index (χ1v) is 13.1. The first kappa shape index (κ1) is 26.7. The number of ether oxygens (including phenoxy) is 2. The number of phenolic OH excluding ortho intramolecular Hbond substituents is 1. The van der Waals surface area contributed by atoms with Crippen molar-refractivity contribution in [3.8, 4) is 5.75 Å². The Morgan fingerprint density at radius 3 is 2.55 bits per heavy atom. The Bertz CT molecular complexity index is 926. The normalized spacial score (nSPS) is 27.4. The average Bonchev–Trinajstić information content (AvgIpc) is 3.08. The smallest absolute Gasteiger partial charge is 0.254 e. The summed E-state index contributed by atoms with van der Waals surface area (Å²) in [7, 11) is -1.56. The molecule has 0 aliphatic carbocycles. The maximum absolute atomic E-state index is 13.1. The van der Waals surface area contributed by atoms with Crippen molar-refractivity contribution in [3.63, 3.8) is 0 Å². The van der Waals surface area contributed by atoms with Gasteiger partial charge in [0.15, 0.2) is 11.9 Å². The third-order valence-electron chi connectivity index (χ3n) is 6.78. The zero-order valence-corrected chi connectivity index (χ0v) is 22.1. The number of benzene rings is 1. The highest BCUT2D eigenvalue weighted by molar-refractivity contribution is 7.84. The largest absolute Gasteiger partial charge is 0.508 e. The molecule has 0 aromatic heterocycles. The minimum atomic E-state index is -1.56. The molecular formula is C23H34Cl2N2O5S. The fourth-order valence-electron chi connectivity index (χ4n) is 4.89. The van der Waals surface area contributed by atoms with E-state index < -0.39 is 27.6 Å². The monoisotopic (exact) mass is 520 g/mol. The summed E-state index contributed by atoms with van der Waals surface area (Å²) in [6, 6.07) is 3.09. The van der Waals surface area contributed by atoms with Crippen LogP contribution in [0.4, 0.5) is 0 Å². The molecule has 2 saturated heterocycles. The fourth-order valence-corrected chi connectivity index (χ4v) is 5.56. The Morgan fingerprint density at radius 2 is 2.00 bits per heavy atom. The van der Waals surface area contributed by atoms with Crippen LogP contribution in [0.5, 0.6) is 5.75 Å². The van der Waals surface area contributed by atoms with Crippen molar-refractivity contribution in [2.24, 2.45) is 11.1 Å².